The van der Waals surface area contributed by atoms with Crippen molar-refractivity contribution in [3.05, 3.63) is 23.8 Å². The highest BCUT2D eigenvalue weighted by Crippen LogP contribution is 2.32. The molecule has 5 heteroatoms. The highest BCUT2D eigenvalue weighted by molar-refractivity contribution is 5.69. The number of methoxy groups -OCH3 is 2. The third-order valence-electron chi connectivity index (χ3n) is 2.74. The zero-order valence-electron chi connectivity index (χ0n) is 9.86. The molecule has 1 amide bonds. The fourth-order valence-electron chi connectivity index (χ4n) is 1.87. The molecular weight excluding hydrogens is 222 g/mol. The first-order chi connectivity index (χ1) is 8.24. The van der Waals surface area contributed by atoms with Gasteiger partial charge in [-0.25, -0.2) is 4.79 Å². The Kier molecular flexibility index (Phi) is 3.37. The van der Waals surface area contributed by atoms with Crippen molar-refractivity contribution in [3.8, 4) is 11.5 Å². The normalized spacial score (nSPS) is 19.2. The SMILES string of the molecule is COc1ccc(OC)c([C@@H]2CCOC(=O)N2)c1. The number of ether oxygens (including phenoxy) is 3. The number of carbonyl (C=O) groups is 1. The monoisotopic (exact) mass is 237 g/mol. The molecule has 1 aromatic carbocycles. The average molecular weight is 237 g/mol. The number of cyclic esters (lactones) is 1. The summed E-state index contributed by atoms with van der Waals surface area (Å²) in [7, 11) is 3.21. The van der Waals surface area contributed by atoms with E-state index in [1.165, 1.54) is 0 Å². The highest BCUT2D eigenvalue weighted by Gasteiger charge is 2.23. The van der Waals surface area contributed by atoms with Crippen LogP contribution in [0.4, 0.5) is 4.79 Å². The molecule has 0 saturated carbocycles. The quantitative estimate of drug-likeness (QED) is 0.872. The van der Waals surface area contributed by atoms with Crippen LogP contribution in [0.5, 0.6) is 11.5 Å². The Morgan fingerprint density at radius 1 is 1.35 bits per heavy atom. The molecule has 2 rings (SSSR count). The van der Waals surface area contributed by atoms with E-state index >= 15 is 0 Å². The van der Waals surface area contributed by atoms with E-state index in [1.807, 2.05) is 18.2 Å². The van der Waals surface area contributed by atoms with Crippen molar-refractivity contribution in [3.63, 3.8) is 0 Å². The molecule has 1 heterocycles. The van der Waals surface area contributed by atoms with Gasteiger partial charge < -0.3 is 19.5 Å². The van der Waals surface area contributed by atoms with E-state index in [-0.39, 0.29) is 6.04 Å². The summed E-state index contributed by atoms with van der Waals surface area (Å²) in [4.78, 5) is 11.2. The third-order valence-corrected chi connectivity index (χ3v) is 2.74. The Morgan fingerprint density at radius 2 is 2.18 bits per heavy atom. The van der Waals surface area contributed by atoms with Crippen molar-refractivity contribution in [1.82, 2.24) is 5.32 Å². The van der Waals surface area contributed by atoms with E-state index in [4.69, 9.17) is 14.2 Å². The molecule has 1 atom stereocenters. The number of hydrogen-bond donors (Lipinski definition) is 1. The molecule has 1 aromatic rings. The first-order valence-corrected chi connectivity index (χ1v) is 5.40. The van der Waals surface area contributed by atoms with Gasteiger partial charge in [-0.2, -0.15) is 0 Å². The second-order valence-electron chi connectivity index (χ2n) is 3.73. The van der Waals surface area contributed by atoms with Crippen LogP contribution in [0.25, 0.3) is 0 Å². The van der Waals surface area contributed by atoms with E-state index in [2.05, 4.69) is 5.32 Å². The molecule has 0 unspecified atom stereocenters. The van der Waals surface area contributed by atoms with Gasteiger partial charge in [-0.05, 0) is 18.2 Å². The van der Waals surface area contributed by atoms with Gasteiger partial charge in [-0.15, -0.1) is 0 Å². The molecule has 1 saturated heterocycles. The summed E-state index contributed by atoms with van der Waals surface area (Å²) in [5.74, 6) is 1.47. The van der Waals surface area contributed by atoms with Crippen molar-refractivity contribution in [2.75, 3.05) is 20.8 Å². The summed E-state index contributed by atoms with van der Waals surface area (Å²) >= 11 is 0. The fourth-order valence-corrected chi connectivity index (χ4v) is 1.87. The van der Waals surface area contributed by atoms with E-state index in [1.54, 1.807) is 14.2 Å². The first-order valence-electron chi connectivity index (χ1n) is 5.40. The summed E-state index contributed by atoms with van der Waals surface area (Å²) in [5, 5.41) is 2.76. The first kappa shape index (κ1) is 11.6. The Bertz CT molecular complexity index is 419. The van der Waals surface area contributed by atoms with E-state index < -0.39 is 6.09 Å². The zero-order chi connectivity index (χ0) is 12.3. The zero-order valence-corrected chi connectivity index (χ0v) is 9.86. The number of alkyl carbamates (subject to hydrolysis) is 1. The van der Waals surface area contributed by atoms with Gasteiger partial charge in [0, 0.05) is 12.0 Å². The summed E-state index contributed by atoms with van der Waals surface area (Å²) < 4.78 is 15.3. The minimum Gasteiger partial charge on any atom is -0.497 e. The lowest BCUT2D eigenvalue weighted by Gasteiger charge is -2.25. The molecule has 1 fully saturated rings. The number of rotatable bonds is 3. The van der Waals surface area contributed by atoms with E-state index in [9.17, 15) is 4.79 Å². The van der Waals surface area contributed by atoms with Crippen LogP contribution < -0.4 is 14.8 Å². The van der Waals surface area contributed by atoms with Crippen LogP contribution in [0, 0.1) is 0 Å². The number of benzene rings is 1. The minimum absolute atomic E-state index is 0.0960. The lowest BCUT2D eigenvalue weighted by molar-refractivity contribution is 0.115. The van der Waals surface area contributed by atoms with Crippen LogP contribution in [0.3, 0.4) is 0 Å². The number of amides is 1. The topological polar surface area (TPSA) is 56.8 Å². The molecular formula is C12H15NO4. The number of hydrogen-bond acceptors (Lipinski definition) is 4. The fraction of sp³-hybridized carbons (Fsp3) is 0.417. The summed E-state index contributed by atoms with van der Waals surface area (Å²) in [5.41, 5.74) is 0.906. The second-order valence-corrected chi connectivity index (χ2v) is 3.73. The highest BCUT2D eigenvalue weighted by atomic mass is 16.6. The van der Waals surface area contributed by atoms with Gasteiger partial charge in [0.25, 0.3) is 0 Å². The predicted molar refractivity (Wildman–Crippen MR) is 61.4 cm³/mol. The molecule has 0 spiro atoms. The maximum absolute atomic E-state index is 11.2. The van der Waals surface area contributed by atoms with Crippen molar-refractivity contribution in [2.45, 2.75) is 12.5 Å². The van der Waals surface area contributed by atoms with Gasteiger partial charge in [-0.3, -0.25) is 0 Å². The molecule has 92 valence electrons. The molecule has 0 aliphatic carbocycles. The summed E-state index contributed by atoms with van der Waals surface area (Å²) in [6.07, 6.45) is 0.320. The maximum atomic E-state index is 11.2. The Morgan fingerprint density at radius 3 is 2.82 bits per heavy atom. The number of nitrogens with one attached hydrogen (secondary N) is 1. The molecule has 0 radical (unpaired) electrons. The molecule has 1 N–H and O–H groups in total. The molecule has 17 heavy (non-hydrogen) atoms. The third kappa shape index (κ3) is 2.43. The van der Waals surface area contributed by atoms with Crippen LogP contribution in [-0.2, 0) is 4.74 Å². The van der Waals surface area contributed by atoms with Gasteiger partial charge in [0.1, 0.15) is 11.5 Å². The van der Waals surface area contributed by atoms with Crippen molar-refractivity contribution in [2.24, 2.45) is 0 Å². The lowest BCUT2D eigenvalue weighted by atomic mass is 10.0. The van der Waals surface area contributed by atoms with Gasteiger partial charge in [0.2, 0.25) is 0 Å². The van der Waals surface area contributed by atoms with Crippen molar-refractivity contribution >= 4 is 6.09 Å². The molecule has 5 nitrogen and oxygen atoms in total. The standard InChI is InChI=1S/C12H15NO4/c1-15-8-3-4-11(16-2)9(7-8)10-5-6-17-12(14)13-10/h3-4,7,10H,5-6H2,1-2H3,(H,13,14)/t10-/m0/s1. The Hall–Kier alpha value is -1.91. The second kappa shape index (κ2) is 4.95. The molecule has 1 aliphatic heterocycles. The maximum Gasteiger partial charge on any atom is 0.407 e. The average Bonchev–Trinajstić information content (AvgIpc) is 2.38. The molecule has 1 aliphatic rings. The van der Waals surface area contributed by atoms with Crippen LogP contribution in [0.1, 0.15) is 18.0 Å². The molecule has 0 aromatic heterocycles. The van der Waals surface area contributed by atoms with Crippen LogP contribution >= 0.6 is 0 Å². The lowest BCUT2D eigenvalue weighted by Crippen LogP contribution is -2.35. The molecule has 0 bridgehead atoms. The van der Waals surface area contributed by atoms with E-state index in [0.29, 0.717) is 6.61 Å². The smallest absolute Gasteiger partial charge is 0.407 e. The van der Waals surface area contributed by atoms with Crippen molar-refractivity contribution < 1.29 is 19.0 Å². The Balaban J connectivity index is 2.30. The number of carbonyl (C=O) groups excluding carboxylic acids is 1. The Labute approximate surface area is 99.7 Å². The van der Waals surface area contributed by atoms with Crippen LogP contribution in [0.15, 0.2) is 18.2 Å². The van der Waals surface area contributed by atoms with Gasteiger partial charge in [0.15, 0.2) is 0 Å². The minimum atomic E-state index is -0.397. The van der Waals surface area contributed by atoms with Gasteiger partial charge >= 0.3 is 6.09 Å². The van der Waals surface area contributed by atoms with Gasteiger partial charge in [-0.1, -0.05) is 0 Å². The van der Waals surface area contributed by atoms with Gasteiger partial charge in [0.05, 0.1) is 26.9 Å². The predicted octanol–water partition coefficient (Wildman–Crippen LogP) is 1.87. The summed E-state index contributed by atoms with van der Waals surface area (Å²) in [6.45, 7) is 0.414. The van der Waals surface area contributed by atoms with Crippen LogP contribution in [0.2, 0.25) is 0 Å². The summed E-state index contributed by atoms with van der Waals surface area (Å²) in [6, 6.07) is 5.43. The largest absolute Gasteiger partial charge is 0.497 e. The van der Waals surface area contributed by atoms with Crippen molar-refractivity contribution in [1.29, 1.82) is 0 Å². The van der Waals surface area contributed by atoms with Crippen LogP contribution in [-0.4, -0.2) is 26.9 Å². The van der Waals surface area contributed by atoms with E-state index in [0.717, 1.165) is 23.5 Å².